The number of carbonyl (C=O) groups excluding carboxylic acids is 1. The summed E-state index contributed by atoms with van der Waals surface area (Å²) in [6.45, 7) is -0.831. The smallest absolute Gasteiger partial charge is 0.254 e. The molecule has 4 aromatic rings. The first-order valence-electron chi connectivity index (χ1n) is 12.8. The Labute approximate surface area is 222 Å². The first-order valence-corrected chi connectivity index (χ1v) is 11.7. The number of aromatic nitrogens is 7. The Morgan fingerprint density at radius 3 is 2.92 bits per heavy atom. The Kier molecular flexibility index (Phi) is 5.06. The highest BCUT2D eigenvalue weighted by atomic mass is 35.5. The van der Waals surface area contributed by atoms with Crippen LogP contribution in [-0.2, 0) is 11.4 Å². The quantitative estimate of drug-likeness (QED) is 0.291. The summed E-state index contributed by atoms with van der Waals surface area (Å²) >= 11 is 6.04. The van der Waals surface area contributed by atoms with Crippen molar-refractivity contribution in [3.05, 3.63) is 81.9 Å². The second-order valence-electron chi connectivity index (χ2n) is 8.56. The van der Waals surface area contributed by atoms with Crippen molar-refractivity contribution in [2.75, 3.05) is 0 Å². The van der Waals surface area contributed by atoms with Crippen molar-refractivity contribution in [2.45, 2.75) is 37.9 Å². The van der Waals surface area contributed by atoms with Crippen molar-refractivity contribution >= 4 is 23.1 Å². The number of aliphatic hydroxyl groups excluding tert-OH is 1. The van der Waals surface area contributed by atoms with Crippen LogP contribution in [0.4, 0.5) is 8.78 Å². The van der Waals surface area contributed by atoms with E-state index in [9.17, 15) is 20.9 Å². The fourth-order valence-corrected chi connectivity index (χ4v) is 4.86. The summed E-state index contributed by atoms with van der Waals surface area (Å²) in [5, 5.41) is 31.6. The molecular formula is C24H19ClF2N8O3. The molecule has 1 saturated heterocycles. The number of nitrogens with one attached hydrogen (secondary N) is 1. The molecular weight excluding hydrogens is 522 g/mol. The molecule has 0 aliphatic carbocycles. The Bertz CT molecular complexity index is 1740. The van der Waals surface area contributed by atoms with E-state index in [2.05, 4.69) is 25.5 Å². The Morgan fingerprint density at radius 2 is 2.16 bits per heavy atom. The minimum Gasteiger partial charge on any atom is -0.618 e. The third kappa shape index (κ3) is 3.82. The van der Waals surface area contributed by atoms with Gasteiger partial charge in [0.1, 0.15) is 18.8 Å². The molecule has 3 aromatic heterocycles. The molecule has 1 fully saturated rings. The average Bonchev–Trinajstić information content (AvgIpc) is 3.69. The summed E-state index contributed by atoms with van der Waals surface area (Å²) < 4.78 is 58.9. The molecule has 0 bridgehead atoms. The third-order valence-corrected chi connectivity index (χ3v) is 6.75. The van der Waals surface area contributed by atoms with E-state index in [0.717, 1.165) is 21.9 Å². The van der Waals surface area contributed by atoms with Crippen molar-refractivity contribution < 1.29 is 27.5 Å². The standard InChI is InChI=1S/C24H19ClF2N8O3/c25-15-2-4-17(33-11-29-31-32-33)21(23(15)27)12-7-13-1-3-18(35(13)20(37)8-12)24-28-9-16(30-24)14-5-6-34(38)19(10-36)22(14)26/h2,4-6,8-9,11,13,18,36H,1,3,7,10H2,(H,28,30)/t13-,18+/m1/s1/i7D2,13D. The first-order chi connectivity index (χ1) is 19.5. The van der Waals surface area contributed by atoms with E-state index < -0.39 is 53.8 Å². The summed E-state index contributed by atoms with van der Waals surface area (Å²) in [6.07, 6.45) is 1.76. The second kappa shape index (κ2) is 9.26. The van der Waals surface area contributed by atoms with Crippen LogP contribution >= 0.6 is 11.6 Å². The molecule has 2 atom stereocenters. The fraction of sp³-hybridized carbons (Fsp3) is 0.250. The number of benzene rings is 1. The van der Waals surface area contributed by atoms with Gasteiger partial charge in [0.15, 0.2) is 12.0 Å². The van der Waals surface area contributed by atoms with E-state index in [0.29, 0.717) is 0 Å². The topological polar surface area (TPSA) is 140 Å². The normalized spacial score (nSPS) is 23.5. The van der Waals surface area contributed by atoms with Crippen LogP contribution in [0, 0.1) is 16.8 Å². The molecule has 2 N–H and O–H groups in total. The second-order valence-corrected chi connectivity index (χ2v) is 8.97. The van der Waals surface area contributed by atoms with Gasteiger partial charge in [-0.15, -0.1) is 5.10 Å². The van der Waals surface area contributed by atoms with E-state index in [4.69, 9.17) is 14.3 Å². The number of hydrogen-bond acceptors (Lipinski definition) is 7. The molecule has 1 aromatic carbocycles. The zero-order chi connectivity index (χ0) is 29.3. The van der Waals surface area contributed by atoms with Crippen LogP contribution in [-0.4, -0.2) is 52.1 Å². The molecule has 0 radical (unpaired) electrons. The monoisotopic (exact) mass is 543 g/mol. The SMILES string of the molecule is [2H]C1([2H])C(c2c(-n3cnnn3)ccc(Cl)c2F)=CC(=O)N2[C@H](c3ncc(-c4cc[n+]([O-])c(CO)c4F)[nH]3)CC[C@@]21[2H]. The van der Waals surface area contributed by atoms with Crippen LogP contribution in [0.3, 0.4) is 0 Å². The molecule has 2 aliphatic rings. The summed E-state index contributed by atoms with van der Waals surface area (Å²) in [6, 6.07) is 0.732. The summed E-state index contributed by atoms with van der Waals surface area (Å²) in [7, 11) is 0. The average molecular weight is 544 g/mol. The van der Waals surface area contributed by atoms with E-state index >= 15 is 4.39 Å². The van der Waals surface area contributed by atoms with E-state index in [1.54, 1.807) is 0 Å². The zero-order valence-electron chi connectivity index (χ0n) is 22.3. The first kappa shape index (κ1) is 20.8. The number of hydrogen-bond donors (Lipinski definition) is 2. The van der Waals surface area contributed by atoms with Crippen molar-refractivity contribution in [3.8, 4) is 16.9 Å². The predicted octanol–water partition coefficient (Wildman–Crippen LogP) is 2.63. The fourth-order valence-electron chi connectivity index (χ4n) is 4.71. The number of pyridine rings is 1. The van der Waals surface area contributed by atoms with Gasteiger partial charge in [-0.25, -0.2) is 9.37 Å². The highest BCUT2D eigenvalue weighted by Crippen LogP contribution is 2.44. The number of carbonyl (C=O) groups is 1. The number of nitrogens with zero attached hydrogens (tertiary/aromatic N) is 7. The molecule has 5 heterocycles. The number of amides is 1. The molecule has 6 rings (SSSR count). The lowest BCUT2D eigenvalue weighted by molar-refractivity contribution is -0.618. The summed E-state index contributed by atoms with van der Waals surface area (Å²) in [5.74, 6) is -2.58. The number of fused-ring (bicyclic) bond motifs is 1. The van der Waals surface area contributed by atoms with Gasteiger partial charge in [0.25, 0.3) is 5.69 Å². The maximum absolute atomic E-state index is 15.5. The van der Waals surface area contributed by atoms with Gasteiger partial charge in [-0.2, -0.15) is 13.8 Å². The highest BCUT2D eigenvalue weighted by molar-refractivity contribution is 6.31. The van der Waals surface area contributed by atoms with Gasteiger partial charge < -0.3 is 20.2 Å². The van der Waals surface area contributed by atoms with E-state index in [1.165, 1.54) is 30.7 Å². The molecule has 38 heavy (non-hydrogen) atoms. The van der Waals surface area contributed by atoms with Crippen LogP contribution in [0.5, 0.6) is 0 Å². The van der Waals surface area contributed by atoms with Gasteiger partial charge in [0.05, 0.1) is 30.0 Å². The van der Waals surface area contributed by atoms with Crippen molar-refractivity contribution in [1.82, 2.24) is 35.1 Å². The highest BCUT2D eigenvalue weighted by Gasteiger charge is 2.42. The maximum Gasteiger partial charge on any atom is 0.254 e. The number of rotatable bonds is 5. The van der Waals surface area contributed by atoms with Crippen LogP contribution in [0.2, 0.25) is 5.02 Å². The third-order valence-electron chi connectivity index (χ3n) is 6.46. The largest absolute Gasteiger partial charge is 0.618 e. The van der Waals surface area contributed by atoms with Crippen LogP contribution in [0.15, 0.2) is 43.0 Å². The van der Waals surface area contributed by atoms with Crippen molar-refractivity contribution in [2.24, 2.45) is 0 Å². The Balaban J connectivity index is 1.43. The summed E-state index contributed by atoms with van der Waals surface area (Å²) in [4.78, 5) is 21.8. The zero-order valence-corrected chi connectivity index (χ0v) is 20.0. The molecule has 0 spiro atoms. The van der Waals surface area contributed by atoms with E-state index in [1.807, 2.05) is 0 Å². The Hall–Kier alpha value is -4.23. The van der Waals surface area contributed by atoms with Gasteiger partial charge in [-0.3, -0.25) is 4.79 Å². The number of imidazole rings is 1. The minimum absolute atomic E-state index is 0.0219. The lowest BCUT2D eigenvalue weighted by Crippen LogP contribution is -2.39. The van der Waals surface area contributed by atoms with Gasteiger partial charge in [0, 0.05) is 32.0 Å². The molecule has 14 heteroatoms. The lowest BCUT2D eigenvalue weighted by Gasteiger charge is -2.33. The molecule has 11 nitrogen and oxygen atoms in total. The van der Waals surface area contributed by atoms with Crippen molar-refractivity contribution in [1.29, 1.82) is 0 Å². The number of aromatic amines is 1. The van der Waals surface area contributed by atoms with Crippen LogP contribution in [0.1, 0.15) is 46.5 Å². The molecule has 1 amide bonds. The molecule has 0 saturated carbocycles. The van der Waals surface area contributed by atoms with Gasteiger partial charge in [-0.1, -0.05) is 11.6 Å². The van der Waals surface area contributed by atoms with Gasteiger partial charge in [0.2, 0.25) is 11.7 Å². The van der Waals surface area contributed by atoms with Gasteiger partial charge >= 0.3 is 0 Å². The number of aliphatic hydroxyl groups is 1. The lowest BCUT2D eigenvalue weighted by atomic mass is 9.92. The number of tetrazole rings is 1. The molecule has 0 unspecified atom stereocenters. The number of H-pyrrole nitrogens is 1. The molecule has 194 valence electrons. The summed E-state index contributed by atoms with van der Waals surface area (Å²) in [5.41, 5.74) is -1.12. The van der Waals surface area contributed by atoms with E-state index in [-0.39, 0.29) is 50.9 Å². The predicted molar refractivity (Wildman–Crippen MR) is 128 cm³/mol. The molecule has 2 aliphatic heterocycles. The van der Waals surface area contributed by atoms with Gasteiger partial charge in [-0.05, 0) is 47.3 Å². The van der Waals surface area contributed by atoms with Crippen LogP contribution < -0.4 is 4.73 Å². The van der Waals surface area contributed by atoms with Crippen LogP contribution in [0.25, 0.3) is 22.5 Å². The minimum atomic E-state index is -2.61. The Morgan fingerprint density at radius 1 is 1.32 bits per heavy atom. The van der Waals surface area contributed by atoms with Crippen molar-refractivity contribution in [3.63, 3.8) is 0 Å². The number of halogens is 3. The maximum atomic E-state index is 15.5.